The number of aliphatic hydroxyl groups is 1. The van der Waals surface area contributed by atoms with Crippen molar-refractivity contribution in [3.63, 3.8) is 0 Å². The Hall–Kier alpha value is -0.120. The molecule has 0 bridgehead atoms. The van der Waals surface area contributed by atoms with Gasteiger partial charge in [0.15, 0.2) is 0 Å². The monoisotopic (exact) mass is 243 g/mol. The van der Waals surface area contributed by atoms with Gasteiger partial charge >= 0.3 is 0 Å². The van der Waals surface area contributed by atoms with Crippen LogP contribution in [0.2, 0.25) is 0 Å². The number of rotatable bonds is 5. The average Bonchev–Trinajstić information content (AvgIpc) is 2.25. The lowest BCUT2D eigenvalue weighted by molar-refractivity contribution is -0.0290. The first kappa shape index (κ1) is 14.9. The molecule has 0 heterocycles. The highest BCUT2D eigenvalue weighted by molar-refractivity contribution is 4.74. The van der Waals surface area contributed by atoms with Crippen LogP contribution in [0.25, 0.3) is 0 Å². The minimum Gasteiger partial charge on any atom is -0.389 e. The van der Waals surface area contributed by atoms with Gasteiger partial charge in [-0.1, -0.05) is 6.92 Å². The van der Waals surface area contributed by atoms with Crippen LogP contribution in [0.1, 0.15) is 53.4 Å². The van der Waals surface area contributed by atoms with Crippen LogP contribution in [0, 0.1) is 5.92 Å². The van der Waals surface area contributed by atoms with Gasteiger partial charge in [-0.15, -0.1) is 0 Å². The van der Waals surface area contributed by atoms with E-state index in [9.17, 15) is 5.11 Å². The summed E-state index contributed by atoms with van der Waals surface area (Å²) in [6, 6.07) is 0. The second-order valence-electron chi connectivity index (χ2n) is 6.50. The lowest BCUT2D eigenvalue weighted by Gasteiger charge is -2.28. The molecule has 1 rings (SSSR count). The van der Waals surface area contributed by atoms with Crippen molar-refractivity contribution in [3.8, 4) is 0 Å². The zero-order valence-electron chi connectivity index (χ0n) is 11.8. The van der Waals surface area contributed by atoms with E-state index in [1.54, 1.807) is 0 Å². The van der Waals surface area contributed by atoms with Crippen LogP contribution < -0.4 is 5.32 Å². The zero-order valence-corrected chi connectivity index (χ0v) is 11.8. The summed E-state index contributed by atoms with van der Waals surface area (Å²) in [5.41, 5.74) is 0.0568. The van der Waals surface area contributed by atoms with Gasteiger partial charge in [0, 0.05) is 12.1 Å². The molecule has 0 aliphatic heterocycles. The van der Waals surface area contributed by atoms with Crippen molar-refractivity contribution < 1.29 is 9.84 Å². The molecule has 0 spiro atoms. The van der Waals surface area contributed by atoms with Gasteiger partial charge in [0.05, 0.1) is 18.8 Å². The Balaban J connectivity index is 2.09. The number of ether oxygens (including phenoxy) is 1. The summed E-state index contributed by atoms with van der Waals surface area (Å²) in [4.78, 5) is 0. The Morgan fingerprint density at radius 2 is 1.82 bits per heavy atom. The van der Waals surface area contributed by atoms with Crippen molar-refractivity contribution in [3.05, 3.63) is 0 Å². The van der Waals surface area contributed by atoms with Crippen molar-refractivity contribution in [2.75, 3.05) is 13.2 Å². The molecular formula is C14H29NO2. The molecule has 3 nitrogen and oxygen atoms in total. The van der Waals surface area contributed by atoms with Gasteiger partial charge in [-0.05, 0) is 52.4 Å². The lowest BCUT2D eigenvalue weighted by Crippen LogP contribution is -2.42. The predicted molar refractivity (Wildman–Crippen MR) is 71.1 cm³/mol. The quantitative estimate of drug-likeness (QED) is 0.778. The van der Waals surface area contributed by atoms with Crippen molar-refractivity contribution in [2.45, 2.75) is 71.1 Å². The maximum atomic E-state index is 9.81. The molecule has 0 aromatic heterocycles. The largest absolute Gasteiger partial charge is 0.389 e. The summed E-state index contributed by atoms with van der Waals surface area (Å²) in [5, 5.41) is 13.1. The van der Waals surface area contributed by atoms with Crippen LogP contribution in [0.5, 0.6) is 0 Å². The Morgan fingerprint density at radius 1 is 1.24 bits per heavy atom. The van der Waals surface area contributed by atoms with Crippen LogP contribution in [-0.4, -0.2) is 36.0 Å². The molecule has 0 aromatic rings. The van der Waals surface area contributed by atoms with Gasteiger partial charge in [-0.2, -0.15) is 0 Å². The van der Waals surface area contributed by atoms with E-state index in [0.717, 1.165) is 18.8 Å². The predicted octanol–water partition coefficient (Wildman–Crippen LogP) is 2.33. The van der Waals surface area contributed by atoms with E-state index in [-0.39, 0.29) is 5.54 Å². The molecule has 0 amide bonds. The molecular weight excluding hydrogens is 214 g/mol. The molecule has 1 unspecified atom stereocenters. The highest BCUT2D eigenvalue weighted by Gasteiger charge is 2.20. The second kappa shape index (κ2) is 6.72. The van der Waals surface area contributed by atoms with Crippen LogP contribution in [-0.2, 0) is 4.74 Å². The van der Waals surface area contributed by atoms with Gasteiger partial charge in [0.2, 0.25) is 0 Å². The van der Waals surface area contributed by atoms with Gasteiger partial charge < -0.3 is 15.2 Å². The summed E-state index contributed by atoms with van der Waals surface area (Å²) in [7, 11) is 0. The first-order valence-electron chi connectivity index (χ1n) is 6.91. The first-order valence-corrected chi connectivity index (χ1v) is 6.91. The molecule has 1 fully saturated rings. The minimum absolute atomic E-state index is 0.0568. The molecule has 1 aliphatic rings. The molecule has 1 saturated carbocycles. The van der Waals surface area contributed by atoms with Crippen molar-refractivity contribution in [2.24, 2.45) is 5.92 Å². The van der Waals surface area contributed by atoms with Crippen LogP contribution in [0.15, 0.2) is 0 Å². The highest BCUT2D eigenvalue weighted by atomic mass is 16.5. The molecule has 3 heteroatoms. The molecule has 1 aliphatic carbocycles. The molecule has 1 atom stereocenters. The minimum atomic E-state index is -0.395. The molecule has 102 valence electrons. The van der Waals surface area contributed by atoms with Gasteiger partial charge in [0.1, 0.15) is 0 Å². The van der Waals surface area contributed by atoms with Gasteiger partial charge in [0.25, 0.3) is 0 Å². The highest BCUT2D eigenvalue weighted by Crippen LogP contribution is 2.25. The fraction of sp³-hybridized carbons (Fsp3) is 1.00. The smallest absolute Gasteiger partial charge is 0.0898 e. The average molecular weight is 243 g/mol. The maximum Gasteiger partial charge on any atom is 0.0898 e. The van der Waals surface area contributed by atoms with Crippen molar-refractivity contribution >= 4 is 0 Å². The third-order valence-corrected chi connectivity index (χ3v) is 3.36. The lowest BCUT2D eigenvalue weighted by atomic mass is 9.89. The molecule has 0 radical (unpaired) electrons. The Morgan fingerprint density at radius 3 is 2.35 bits per heavy atom. The van der Waals surface area contributed by atoms with E-state index >= 15 is 0 Å². The van der Waals surface area contributed by atoms with E-state index < -0.39 is 6.10 Å². The van der Waals surface area contributed by atoms with Crippen LogP contribution in [0.3, 0.4) is 0 Å². The van der Waals surface area contributed by atoms with Crippen LogP contribution >= 0.6 is 0 Å². The first-order chi connectivity index (χ1) is 7.87. The SMILES string of the molecule is CC1CCC(OCC(O)CNC(C)(C)C)CC1. The van der Waals surface area contributed by atoms with Crippen molar-refractivity contribution in [1.82, 2.24) is 5.32 Å². The number of β-amino-alcohol motifs (C(OH)–C–C–N with tert-alkyl or cyclic N) is 1. The molecule has 0 saturated heterocycles. The van der Waals surface area contributed by atoms with E-state index in [2.05, 4.69) is 33.0 Å². The molecule has 0 aromatic carbocycles. The van der Waals surface area contributed by atoms with E-state index in [4.69, 9.17) is 4.74 Å². The molecule has 17 heavy (non-hydrogen) atoms. The summed E-state index contributed by atoms with van der Waals surface area (Å²) in [6.07, 6.45) is 4.81. The fourth-order valence-corrected chi connectivity index (χ4v) is 2.13. The maximum absolute atomic E-state index is 9.81. The standard InChI is InChI=1S/C14H29NO2/c1-11-5-7-13(8-6-11)17-10-12(16)9-15-14(2,3)4/h11-13,15-16H,5-10H2,1-4H3. The van der Waals surface area contributed by atoms with Crippen molar-refractivity contribution in [1.29, 1.82) is 0 Å². The van der Waals surface area contributed by atoms with E-state index in [0.29, 0.717) is 19.3 Å². The summed E-state index contributed by atoms with van der Waals surface area (Å²) >= 11 is 0. The number of hydrogen-bond acceptors (Lipinski definition) is 3. The van der Waals surface area contributed by atoms with E-state index in [1.807, 2.05) is 0 Å². The Bertz CT molecular complexity index is 205. The molecule has 2 N–H and O–H groups in total. The second-order valence-corrected chi connectivity index (χ2v) is 6.50. The Kier molecular flexibility index (Phi) is 5.90. The normalized spacial score (nSPS) is 28.1. The van der Waals surface area contributed by atoms with E-state index in [1.165, 1.54) is 12.8 Å². The summed E-state index contributed by atoms with van der Waals surface area (Å²) < 4.78 is 5.77. The topological polar surface area (TPSA) is 41.5 Å². The summed E-state index contributed by atoms with van der Waals surface area (Å²) in [5.74, 6) is 0.849. The number of aliphatic hydroxyl groups excluding tert-OH is 1. The third kappa shape index (κ3) is 7.02. The third-order valence-electron chi connectivity index (χ3n) is 3.36. The zero-order chi connectivity index (χ0) is 12.9. The Labute approximate surface area is 106 Å². The van der Waals surface area contributed by atoms with Crippen LogP contribution in [0.4, 0.5) is 0 Å². The number of nitrogens with one attached hydrogen (secondary N) is 1. The number of hydrogen-bond donors (Lipinski definition) is 2. The van der Waals surface area contributed by atoms with Gasteiger partial charge in [-0.25, -0.2) is 0 Å². The summed E-state index contributed by atoms with van der Waals surface area (Å²) in [6.45, 7) is 9.67. The fourth-order valence-electron chi connectivity index (χ4n) is 2.13. The van der Waals surface area contributed by atoms with Gasteiger partial charge in [-0.3, -0.25) is 0 Å².